The Kier molecular flexibility index (Phi) is 4.55. The second-order valence-electron chi connectivity index (χ2n) is 5.03. The van der Waals surface area contributed by atoms with Gasteiger partial charge < -0.3 is 10.4 Å². The SMILES string of the molecule is O=C(N[C@@H]1CCCCC[C@H]1C(=O)O)c1ccccc1. The van der Waals surface area contributed by atoms with Gasteiger partial charge in [-0.25, -0.2) is 0 Å². The van der Waals surface area contributed by atoms with E-state index in [1.165, 1.54) is 0 Å². The zero-order valence-corrected chi connectivity index (χ0v) is 10.8. The molecular weight excluding hydrogens is 242 g/mol. The number of carbonyl (C=O) groups excluding carboxylic acids is 1. The Balaban J connectivity index is 2.06. The average Bonchev–Trinajstić information content (AvgIpc) is 2.65. The Morgan fingerprint density at radius 1 is 1.05 bits per heavy atom. The van der Waals surface area contributed by atoms with E-state index in [-0.39, 0.29) is 11.9 Å². The molecule has 1 aliphatic carbocycles. The smallest absolute Gasteiger partial charge is 0.308 e. The summed E-state index contributed by atoms with van der Waals surface area (Å²) >= 11 is 0. The van der Waals surface area contributed by atoms with Crippen LogP contribution in [-0.2, 0) is 4.79 Å². The van der Waals surface area contributed by atoms with Crippen LogP contribution in [0, 0.1) is 5.92 Å². The molecular formula is C15H19NO3. The van der Waals surface area contributed by atoms with E-state index in [1.54, 1.807) is 24.3 Å². The van der Waals surface area contributed by atoms with Crippen LogP contribution in [0.25, 0.3) is 0 Å². The summed E-state index contributed by atoms with van der Waals surface area (Å²) in [5.41, 5.74) is 0.580. The minimum atomic E-state index is -0.805. The maximum Gasteiger partial charge on any atom is 0.308 e. The van der Waals surface area contributed by atoms with E-state index in [2.05, 4.69) is 5.32 Å². The molecule has 1 saturated carbocycles. The highest BCUT2D eigenvalue weighted by molar-refractivity contribution is 5.94. The third-order valence-corrected chi connectivity index (χ3v) is 3.69. The maximum absolute atomic E-state index is 12.1. The Labute approximate surface area is 112 Å². The molecule has 1 aliphatic rings. The lowest BCUT2D eigenvalue weighted by Crippen LogP contribution is -2.42. The zero-order chi connectivity index (χ0) is 13.7. The van der Waals surface area contributed by atoms with Crippen molar-refractivity contribution in [2.45, 2.75) is 38.1 Å². The Bertz CT molecular complexity index is 444. The van der Waals surface area contributed by atoms with Gasteiger partial charge in [-0.1, -0.05) is 37.5 Å². The normalized spacial score (nSPS) is 23.4. The second kappa shape index (κ2) is 6.36. The highest BCUT2D eigenvalue weighted by Crippen LogP contribution is 2.24. The molecule has 0 heterocycles. The van der Waals surface area contributed by atoms with Gasteiger partial charge in [-0.3, -0.25) is 9.59 Å². The Morgan fingerprint density at radius 3 is 2.42 bits per heavy atom. The van der Waals surface area contributed by atoms with Crippen LogP contribution in [0.1, 0.15) is 42.5 Å². The van der Waals surface area contributed by atoms with Crippen LogP contribution in [0.2, 0.25) is 0 Å². The van der Waals surface area contributed by atoms with Gasteiger partial charge in [-0.05, 0) is 25.0 Å². The molecule has 0 aromatic heterocycles. The van der Waals surface area contributed by atoms with Gasteiger partial charge in [0.05, 0.1) is 5.92 Å². The van der Waals surface area contributed by atoms with Crippen molar-refractivity contribution in [1.29, 1.82) is 0 Å². The number of nitrogens with one attached hydrogen (secondary N) is 1. The minimum absolute atomic E-state index is 0.182. The van der Waals surface area contributed by atoms with Crippen molar-refractivity contribution in [1.82, 2.24) is 5.32 Å². The largest absolute Gasteiger partial charge is 0.481 e. The van der Waals surface area contributed by atoms with E-state index >= 15 is 0 Å². The predicted octanol–water partition coefficient (Wildman–Crippen LogP) is 2.45. The Morgan fingerprint density at radius 2 is 1.74 bits per heavy atom. The highest BCUT2D eigenvalue weighted by Gasteiger charge is 2.30. The molecule has 0 aliphatic heterocycles. The van der Waals surface area contributed by atoms with Crippen molar-refractivity contribution < 1.29 is 14.7 Å². The van der Waals surface area contributed by atoms with Crippen molar-refractivity contribution in [3.63, 3.8) is 0 Å². The number of aliphatic carboxylic acids is 1. The first-order valence-electron chi connectivity index (χ1n) is 6.77. The summed E-state index contributed by atoms with van der Waals surface area (Å²) in [5, 5.41) is 12.2. The van der Waals surface area contributed by atoms with E-state index < -0.39 is 11.9 Å². The molecule has 2 atom stereocenters. The summed E-state index contributed by atoms with van der Waals surface area (Å²) in [6.45, 7) is 0. The van der Waals surface area contributed by atoms with Gasteiger partial charge in [0.25, 0.3) is 5.91 Å². The molecule has 0 radical (unpaired) electrons. The molecule has 4 nitrogen and oxygen atoms in total. The molecule has 1 amide bonds. The van der Waals surface area contributed by atoms with Crippen molar-refractivity contribution in [3.05, 3.63) is 35.9 Å². The lowest BCUT2D eigenvalue weighted by Gasteiger charge is -2.22. The number of benzene rings is 1. The van der Waals surface area contributed by atoms with Crippen LogP contribution in [-0.4, -0.2) is 23.0 Å². The summed E-state index contributed by atoms with van der Waals surface area (Å²) in [4.78, 5) is 23.4. The molecule has 0 unspecified atom stereocenters. The number of carboxylic acids is 1. The minimum Gasteiger partial charge on any atom is -0.481 e. The number of hydrogen-bond acceptors (Lipinski definition) is 2. The first-order valence-corrected chi connectivity index (χ1v) is 6.77. The van der Waals surface area contributed by atoms with Crippen molar-refractivity contribution in [3.8, 4) is 0 Å². The molecule has 102 valence electrons. The molecule has 0 saturated heterocycles. The van der Waals surface area contributed by atoms with E-state index in [0.717, 1.165) is 25.7 Å². The fourth-order valence-electron chi connectivity index (χ4n) is 2.62. The average molecular weight is 261 g/mol. The monoisotopic (exact) mass is 261 g/mol. The van der Waals surface area contributed by atoms with E-state index in [4.69, 9.17) is 0 Å². The summed E-state index contributed by atoms with van der Waals surface area (Å²) in [6, 6.07) is 8.67. The van der Waals surface area contributed by atoms with Crippen LogP contribution in [0.3, 0.4) is 0 Å². The lowest BCUT2D eigenvalue weighted by molar-refractivity contribution is -0.142. The predicted molar refractivity (Wildman–Crippen MR) is 71.9 cm³/mol. The second-order valence-corrected chi connectivity index (χ2v) is 5.03. The van der Waals surface area contributed by atoms with Crippen molar-refractivity contribution in [2.24, 2.45) is 5.92 Å². The van der Waals surface area contributed by atoms with Gasteiger partial charge in [0.1, 0.15) is 0 Å². The summed E-state index contributed by atoms with van der Waals surface area (Å²) in [7, 11) is 0. The summed E-state index contributed by atoms with van der Waals surface area (Å²) in [6.07, 6.45) is 4.34. The maximum atomic E-state index is 12.1. The van der Waals surface area contributed by atoms with E-state index in [0.29, 0.717) is 12.0 Å². The number of amides is 1. The van der Waals surface area contributed by atoms with Gasteiger partial charge >= 0.3 is 5.97 Å². The molecule has 1 fully saturated rings. The third kappa shape index (κ3) is 3.56. The van der Waals surface area contributed by atoms with E-state index in [1.807, 2.05) is 6.07 Å². The Hall–Kier alpha value is -1.84. The molecule has 0 bridgehead atoms. The first-order chi connectivity index (χ1) is 9.18. The van der Waals surface area contributed by atoms with Crippen molar-refractivity contribution >= 4 is 11.9 Å². The standard InChI is InChI=1S/C15H19NO3/c17-14(11-7-3-1-4-8-11)16-13-10-6-2-5-9-12(13)15(18)19/h1,3-4,7-8,12-13H,2,5-6,9-10H2,(H,16,17)(H,18,19)/t12-,13-/m1/s1. The lowest BCUT2D eigenvalue weighted by atomic mass is 9.94. The van der Waals surface area contributed by atoms with Crippen LogP contribution in [0.4, 0.5) is 0 Å². The van der Waals surface area contributed by atoms with Crippen LogP contribution < -0.4 is 5.32 Å². The van der Waals surface area contributed by atoms with Gasteiger partial charge in [0, 0.05) is 11.6 Å². The first kappa shape index (κ1) is 13.6. The fraction of sp³-hybridized carbons (Fsp3) is 0.467. The zero-order valence-electron chi connectivity index (χ0n) is 10.8. The molecule has 1 aromatic rings. The fourth-order valence-corrected chi connectivity index (χ4v) is 2.62. The van der Waals surface area contributed by atoms with Crippen molar-refractivity contribution in [2.75, 3.05) is 0 Å². The van der Waals surface area contributed by atoms with Crippen LogP contribution >= 0.6 is 0 Å². The quantitative estimate of drug-likeness (QED) is 0.821. The van der Waals surface area contributed by atoms with E-state index in [9.17, 15) is 14.7 Å². The van der Waals surface area contributed by atoms with Crippen LogP contribution in [0.15, 0.2) is 30.3 Å². The number of carboxylic acid groups (broad SMARTS) is 1. The topological polar surface area (TPSA) is 66.4 Å². The third-order valence-electron chi connectivity index (χ3n) is 3.69. The molecule has 2 N–H and O–H groups in total. The number of carbonyl (C=O) groups is 2. The molecule has 19 heavy (non-hydrogen) atoms. The highest BCUT2D eigenvalue weighted by atomic mass is 16.4. The molecule has 0 spiro atoms. The number of rotatable bonds is 3. The molecule has 2 rings (SSSR count). The molecule has 1 aromatic carbocycles. The number of hydrogen-bond donors (Lipinski definition) is 2. The molecule has 4 heteroatoms. The van der Waals surface area contributed by atoms with Crippen LogP contribution in [0.5, 0.6) is 0 Å². The van der Waals surface area contributed by atoms with Gasteiger partial charge in [-0.15, -0.1) is 0 Å². The summed E-state index contributed by atoms with van der Waals surface area (Å²) < 4.78 is 0. The van der Waals surface area contributed by atoms with Gasteiger partial charge in [-0.2, -0.15) is 0 Å². The summed E-state index contributed by atoms with van der Waals surface area (Å²) in [5.74, 6) is -1.45. The van der Waals surface area contributed by atoms with Gasteiger partial charge in [0.15, 0.2) is 0 Å². The van der Waals surface area contributed by atoms with Gasteiger partial charge in [0.2, 0.25) is 0 Å².